The first-order valence-electron chi connectivity index (χ1n) is 9.15. The maximum absolute atomic E-state index is 12.4. The molecule has 2 aromatic carbocycles. The van der Waals surface area contributed by atoms with E-state index in [1.165, 1.54) is 0 Å². The highest BCUT2D eigenvalue weighted by Gasteiger charge is 2.30. The van der Waals surface area contributed by atoms with E-state index in [0.717, 1.165) is 41.1 Å². The van der Waals surface area contributed by atoms with Crippen LogP contribution in [0, 0.1) is 0 Å². The molecule has 3 aromatic rings. The number of carboxylic acid groups (broad SMARTS) is 1. The Morgan fingerprint density at radius 3 is 2.57 bits per heavy atom. The summed E-state index contributed by atoms with van der Waals surface area (Å²) in [6.07, 6.45) is 1.77. The zero-order valence-electron chi connectivity index (χ0n) is 15.2. The van der Waals surface area contributed by atoms with Crippen LogP contribution in [0.5, 0.6) is 0 Å². The number of benzene rings is 2. The van der Waals surface area contributed by atoms with Crippen molar-refractivity contribution in [3.63, 3.8) is 0 Å². The van der Waals surface area contributed by atoms with E-state index in [2.05, 4.69) is 10.3 Å². The average molecular weight is 395 g/mol. The van der Waals surface area contributed by atoms with Crippen LogP contribution in [0.1, 0.15) is 22.0 Å². The molecule has 0 radical (unpaired) electrons. The molecular weight excluding hydrogens is 374 g/mol. The van der Waals surface area contributed by atoms with E-state index in [4.69, 9.17) is 0 Å². The van der Waals surface area contributed by atoms with Gasteiger partial charge < -0.3 is 15.4 Å². The summed E-state index contributed by atoms with van der Waals surface area (Å²) in [6, 6.07) is 13.8. The number of nitrogens with zero attached hydrogens (tertiary/aromatic N) is 1. The van der Waals surface area contributed by atoms with Crippen LogP contribution in [0.2, 0.25) is 0 Å². The van der Waals surface area contributed by atoms with Gasteiger partial charge in [-0.3, -0.25) is 14.5 Å². The predicted octanol–water partition coefficient (Wildman–Crippen LogP) is 3.59. The summed E-state index contributed by atoms with van der Waals surface area (Å²) < 4.78 is 0. The van der Waals surface area contributed by atoms with Crippen LogP contribution in [-0.2, 0) is 4.79 Å². The predicted molar refractivity (Wildman–Crippen MR) is 112 cm³/mol. The topological polar surface area (TPSA) is 85.4 Å². The number of nitrogens with one attached hydrogen (secondary N) is 2. The number of carbonyl (C=O) groups excluding carboxylic acids is 1. The Balaban J connectivity index is 1.65. The van der Waals surface area contributed by atoms with Gasteiger partial charge in [-0.15, -0.1) is 0 Å². The second-order valence-electron chi connectivity index (χ2n) is 6.71. The van der Waals surface area contributed by atoms with E-state index in [-0.39, 0.29) is 5.91 Å². The quantitative estimate of drug-likeness (QED) is 0.615. The van der Waals surface area contributed by atoms with Crippen LogP contribution < -0.4 is 5.32 Å². The van der Waals surface area contributed by atoms with Gasteiger partial charge in [-0.25, -0.2) is 0 Å². The zero-order chi connectivity index (χ0) is 19.5. The lowest BCUT2D eigenvalue weighted by Gasteiger charge is -2.31. The highest BCUT2D eigenvalue weighted by atomic mass is 32.2. The number of rotatable bonds is 5. The number of carbonyl (C=O) groups is 2. The van der Waals surface area contributed by atoms with Gasteiger partial charge in [0.2, 0.25) is 0 Å². The van der Waals surface area contributed by atoms with Gasteiger partial charge in [0.25, 0.3) is 5.91 Å². The van der Waals surface area contributed by atoms with E-state index in [9.17, 15) is 14.7 Å². The van der Waals surface area contributed by atoms with Crippen molar-refractivity contribution in [3.8, 4) is 0 Å². The lowest BCUT2D eigenvalue weighted by atomic mass is 10.0. The van der Waals surface area contributed by atoms with Gasteiger partial charge in [-0.2, -0.15) is 11.8 Å². The molecule has 2 heterocycles. The van der Waals surface area contributed by atoms with Crippen molar-refractivity contribution in [2.75, 3.05) is 29.9 Å². The Kier molecular flexibility index (Phi) is 5.36. The van der Waals surface area contributed by atoms with Crippen LogP contribution in [-0.4, -0.2) is 51.5 Å². The third-order valence-electron chi connectivity index (χ3n) is 4.95. The second-order valence-corrected chi connectivity index (χ2v) is 7.94. The van der Waals surface area contributed by atoms with Crippen LogP contribution >= 0.6 is 11.8 Å². The molecule has 1 atom stereocenters. The summed E-state index contributed by atoms with van der Waals surface area (Å²) in [5, 5.41) is 13.6. The van der Waals surface area contributed by atoms with E-state index in [1.807, 2.05) is 53.1 Å². The molecule has 0 bridgehead atoms. The Hall–Kier alpha value is -2.77. The molecule has 1 fully saturated rings. The average Bonchev–Trinajstić information content (AvgIpc) is 3.12. The molecule has 1 aliphatic heterocycles. The first-order chi connectivity index (χ1) is 13.6. The van der Waals surface area contributed by atoms with Crippen molar-refractivity contribution < 1.29 is 14.7 Å². The van der Waals surface area contributed by atoms with Gasteiger partial charge in [0, 0.05) is 58.5 Å². The Morgan fingerprint density at radius 1 is 1.11 bits per heavy atom. The lowest BCUT2D eigenvalue weighted by Crippen LogP contribution is -2.39. The second kappa shape index (κ2) is 8.08. The maximum atomic E-state index is 12.4. The molecular formula is C21H21N3O3S. The SMILES string of the molecule is O=C(Nc1ccc2[nH]cc(C(C(=O)O)N3CCSCC3)c2c1)c1ccccc1. The zero-order valence-corrected chi connectivity index (χ0v) is 16.0. The van der Waals surface area contributed by atoms with Crippen molar-refractivity contribution in [1.29, 1.82) is 0 Å². The summed E-state index contributed by atoms with van der Waals surface area (Å²) in [5.41, 5.74) is 2.79. The Bertz CT molecular complexity index is 997. The monoisotopic (exact) mass is 395 g/mol. The summed E-state index contributed by atoms with van der Waals surface area (Å²) in [5.74, 6) is 0.820. The van der Waals surface area contributed by atoms with E-state index >= 15 is 0 Å². The van der Waals surface area contributed by atoms with Gasteiger partial charge in [0.15, 0.2) is 0 Å². The van der Waals surface area contributed by atoms with Gasteiger partial charge in [0.1, 0.15) is 6.04 Å². The molecule has 3 N–H and O–H groups in total. The van der Waals surface area contributed by atoms with Gasteiger partial charge in [-0.1, -0.05) is 18.2 Å². The van der Waals surface area contributed by atoms with E-state index in [0.29, 0.717) is 11.3 Å². The third-order valence-corrected chi connectivity index (χ3v) is 5.89. The molecule has 4 rings (SSSR count). The number of thioether (sulfide) groups is 1. The minimum atomic E-state index is -0.855. The molecule has 0 aliphatic carbocycles. The van der Waals surface area contributed by atoms with Crippen molar-refractivity contribution in [2.24, 2.45) is 0 Å². The summed E-state index contributed by atoms with van der Waals surface area (Å²) in [4.78, 5) is 29.7. The van der Waals surface area contributed by atoms with Crippen LogP contribution in [0.25, 0.3) is 10.9 Å². The fourth-order valence-corrected chi connectivity index (χ4v) is 4.49. The first kappa shape index (κ1) is 18.6. The number of amides is 1. The molecule has 1 amide bonds. The first-order valence-corrected chi connectivity index (χ1v) is 10.3. The molecule has 7 heteroatoms. The maximum Gasteiger partial charge on any atom is 0.325 e. The normalized spacial score (nSPS) is 16.0. The number of hydrogen-bond donors (Lipinski definition) is 3. The molecule has 1 unspecified atom stereocenters. The van der Waals surface area contributed by atoms with Crippen LogP contribution in [0.3, 0.4) is 0 Å². The molecule has 144 valence electrons. The standard InChI is InChI=1S/C21H21N3O3S/c25-20(14-4-2-1-3-5-14)23-15-6-7-18-16(12-15)17(13-22-18)19(21(26)27)24-8-10-28-11-9-24/h1-7,12-13,19,22H,8-11H2,(H,23,25)(H,26,27). The number of fused-ring (bicyclic) bond motifs is 1. The smallest absolute Gasteiger partial charge is 0.325 e. The largest absolute Gasteiger partial charge is 0.480 e. The summed E-state index contributed by atoms with van der Waals surface area (Å²) >= 11 is 1.85. The molecule has 0 saturated carbocycles. The fraction of sp³-hybridized carbons (Fsp3) is 0.238. The van der Waals surface area contributed by atoms with Crippen molar-refractivity contribution in [3.05, 3.63) is 65.9 Å². The number of H-pyrrole nitrogens is 1. The third kappa shape index (κ3) is 3.76. The fourth-order valence-electron chi connectivity index (χ4n) is 3.56. The number of hydrogen-bond acceptors (Lipinski definition) is 4. The number of aliphatic carboxylic acids is 1. The number of carboxylic acids is 1. The van der Waals surface area contributed by atoms with E-state index in [1.54, 1.807) is 18.3 Å². The Morgan fingerprint density at radius 2 is 1.86 bits per heavy atom. The molecule has 1 aromatic heterocycles. The van der Waals surface area contributed by atoms with Crippen molar-refractivity contribution in [2.45, 2.75) is 6.04 Å². The molecule has 6 nitrogen and oxygen atoms in total. The van der Waals surface area contributed by atoms with Gasteiger partial charge >= 0.3 is 5.97 Å². The summed E-state index contributed by atoms with van der Waals surface area (Å²) in [6.45, 7) is 1.50. The van der Waals surface area contributed by atoms with Crippen LogP contribution in [0.15, 0.2) is 54.7 Å². The Labute approximate surface area is 166 Å². The highest BCUT2D eigenvalue weighted by molar-refractivity contribution is 7.99. The van der Waals surface area contributed by atoms with E-state index < -0.39 is 12.0 Å². The molecule has 1 aliphatic rings. The highest BCUT2D eigenvalue weighted by Crippen LogP contribution is 2.32. The van der Waals surface area contributed by atoms with Crippen molar-refractivity contribution in [1.82, 2.24) is 9.88 Å². The number of aromatic nitrogens is 1. The van der Waals surface area contributed by atoms with Crippen molar-refractivity contribution >= 4 is 40.2 Å². The van der Waals surface area contributed by atoms with Crippen LogP contribution in [0.4, 0.5) is 5.69 Å². The minimum absolute atomic E-state index is 0.195. The number of aromatic amines is 1. The lowest BCUT2D eigenvalue weighted by molar-refractivity contribution is -0.143. The molecule has 0 spiro atoms. The molecule has 28 heavy (non-hydrogen) atoms. The minimum Gasteiger partial charge on any atom is -0.480 e. The number of anilines is 1. The summed E-state index contributed by atoms with van der Waals surface area (Å²) in [7, 11) is 0. The van der Waals surface area contributed by atoms with Gasteiger partial charge in [-0.05, 0) is 30.3 Å². The van der Waals surface area contributed by atoms with Gasteiger partial charge in [0.05, 0.1) is 0 Å². The molecule has 1 saturated heterocycles.